The van der Waals surface area contributed by atoms with Gasteiger partial charge in [-0.05, 0) is 0 Å². The third kappa shape index (κ3) is 11.7. The molecule has 20 valence electrons. The molecule has 0 amide bonds. The Bertz CT molecular complexity index is 29.0. The monoisotopic (exact) mass is 184 g/mol. The van der Waals surface area contributed by atoms with E-state index in [2.05, 4.69) is 0 Å². The molecule has 0 saturated heterocycles. The molecular formula is CH2BaO2. The molecule has 0 rings (SSSR count). The van der Waals surface area contributed by atoms with Crippen LogP contribution in [0.4, 0.5) is 4.79 Å². The van der Waals surface area contributed by atoms with Gasteiger partial charge in [-0.2, -0.15) is 0 Å². The van der Waals surface area contributed by atoms with E-state index in [0.717, 1.165) is 0 Å². The summed E-state index contributed by atoms with van der Waals surface area (Å²) in [7, 11) is 0. The van der Waals surface area contributed by atoms with Crippen LogP contribution in [0.2, 0.25) is 0 Å². The summed E-state index contributed by atoms with van der Waals surface area (Å²) in [5.74, 6) is 0. The Kier molecular flexibility index (Phi) is 2.88. The van der Waals surface area contributed by atoms with Gasteiger partial charge in [-0.25, -0.2) is 0 Å². The van der Waals surface area contributed by atoms with E-state index in [9.17, 15) is 0 Å². The first-order valence-electron chi connectivity index (χ1n) is 0.928. The van der Waals surface area contributed by atoms with Crippen LogP contribution in [-0.2, 0) is 0 Å². The Labute approximate surface area is 55.9 Å². The van der Waals surface area contributed by atoms with Crippen LogP contribution in [0.5, 0.6) is 0 Å². The van der Waals surface area contributed by atoms with Crippen LogP contribution < -0.4 is 0 Å². The molecule has 4 heavy (non-hydrogen) atoms. The van der Waals surface area contributed by atoms with E-state index in [1.165, 1.54) is 0 Å². The standard InChI is InChI=1S/CHO2.Ba.H/c2-1-3;;/h(H,2,3);;. The second-order valence-corrected chi connectivity index (χ2v) is 3.21. The first-order chi connectivity index (χ1) is 1.73. The molecule has 0 aliphatic heterocycles. The molecule has 2 nitrogen and oxygen atoms in total. The first kappa shape index (κ1) is 5.04. The fraction of sp³-hybridized carbons (Fsp3) is 0. The molecule has 1 N–H and O–H groups in total. The van der Waals surface area contributed by atoms with Gasteiger partial charge in [0.15, 0.2) is 0 Å². The van der Waals surface area contributed by atoms with E-state index in [-0.39, 0.29) is 46.5 Å². The van der Waals surface area contributed by atoms with E-state index in [1.54, 1.807) is 0 Å². The van der Waals surface area contributed by atoms with Crippen molar-refractivity contribution in [1.29, 1.82) is 0 Å². The zero-order chi connectivity index (χ0) is 3.58. The molecule has 0 aromatic rings. The third-order valence-corrected chi connectivity index (χ3v) is 0. The van der Waals surface area contributed by atoms with Crippen molar-refractivity contribution in [2.24, 2.45) is 0 Å². The van der Waals surface area contributed by atoms with Gasteiger partial charge in [-0.15, -0.1) is 0 Å². The van der Waals surface area contributed by atoms with Gasteiger partial charge in [-0.3, -0.25) is 0 Å². The molecule has 0 bridgehead atoms. The molecule has 0 spiro atoms. The van der Waals surface area contributed by atoms with Gasteiger partial charge in [0.1, 0.15) is 0 Å². The van der Waals surface area contributed by atoms with Crippen LogP contribution in [0.25, 0.3) is 0 Å². The normalized spacial score (nSPS) is 5.75. The maximum absolute atomic E-state index is 9.10. The Morgan fingerprint density at radius 3 is 2.00 bits per heavy atom. The molecule has 0 heterocycles. The summed E-state index contributed by atoms with van der Waals surface area (Å²) in [4.78, 5) is 9.10. The van der Waals surface area contributed by atoms with Crippen molar-refractivity contribution in [2.45, 2.75) is 0 Å². The predicted octanol–water partition coefficient (Wildman–Crippen LogP) is -0.435. The minimum atomic E-state index is -0.611. The Morgan fingerprint density at radius 1 is 2.00 bits per heavy atom. The summed E-state index contributed by atoms with van der Waals surface area (Å²) in [6, 6.07) is 0. The van der Waals surface area contributed by atoms with Crippen molar-refractivity contribution in [3.8, 4) is 0 Å². The predicted molar refractivity (Wildman–Crippen MR) is 15.2 cm³/mol. The molecule has 0 fully saturated rings. The van der Waals surface area contributed by atoms with Crippen LogP contribution in [0.1, 0.15) is 0 Å². The number of hydrogen-bond donors (Lipinski definition) is 1. The fourth-order valence-electron chi connectivity index (χ4n) is 0. The molecule has 0 saturated carbocycles. The molecule has 0 radical (unpaired) electrons. The van der Waals surface area contributed by atoms with Gasteiger partial charge in [0.25, 0.3) is 0 Å². The molecule has 0 aliphatic rings. The average Bonchev–Trinajstić information content (AvgIpc) is 0.811. The summed E-state index contributed by atoms with van der Waals surface area (Å²) in [5, 5.41) is 7.52. The SMILES string of the molecule is O=[C](O)[BaH]. The number of carboxylic acid groups (broad SMARTS) is 1. The van der Waals surface area contributed by atoms with Crippen LogP contribution in [0.15, 0.2) is 0 Å². The Hall–Kier alpha value is 1.04. The second-order valence-electron chi connectivity index (χ2n) is 0.519. The molecule has 0 atom stereocenters. The van der Waals surface area contributed by atoms with Crippen molar-refractivity contribution in [2.75, 3.05) is 0 Å². The molecular weight excluding hydrogens is 181 g/mol. The van der Waals surface area contributed by atoms with Crippen molar-refractivity contribution in [3.63, 3.8) is 0 Å². The van der Waals surface area contributed by atoms with Crippen LogP contribution in [-0.4, -0.2) is 52.1 Å². The summed E-state index contributed by atoms with van der Waals surface area (Å²) in [6.45, 7) is 0. The molecule has 0 aromatic heterocycles. The minimum absolute atomic E-state index is 0.225. The van der Waals surface area contributed by atoms with E-state index < -0.39 is 0.437 Å². The summed E-state index contributed by atoms with van der Waals surface area (Å²) < 4.78 is -0.611. The topological polar surface area (TPSA) is 37.3 Å². The van der Waals surface area contributed by atoms with Gasteiger partial charge in [-0.1, -0.05) is 0 Å². The Morgan fingerprint density at radius 2 is 2.00 bits per heavy atom. The Balaban J connectivity index is 2.80. The molecule has 0 aliphatic carbocycles. The second kappa shape index (κ2) is 2.29. The number of rotatable bonds is 0. The van der Waals surface area contributed by atoms with Gasteiger partial charge in [0, 0.05) is 0 Å². The summed E-state index contributed by atoms with van der Waals surface area (Å²) >= 11 is -0.225. The van der Waals surface area contributed by atoms with Crippen molar-refractivity contribution < 1.29 is 9.90 Å². The van der Waals surface area contributed by atoms with Gasteiger partial charge in [0.05, 0.1) is 0 Å². The average molecular weight is 183 g/mol. The van der Waals surface area contributed by atoms with Crippen LogP contribution >= 0.6 is 0 Å². The number of hydrogen-bond acceptors (Lipinski definition) is 1. The van der Waals surface area contributed by atoms with Gasteiger partial charge in [0.2, 0.25) is 0 Å². The van der Waals surface area contributed by atoms with E-state index >= 15 is 0 Å². The van der Waals surface area contributed by atoms with Crippen LogP contribution in [0.3, 0.4) is 0 Å². The van der Waals surface area contributed by atoms with Gasteiger partial charge < -0.3 is 0 Å². The quantitative estimate of drug-likeness (QED) is 0.517. The van der Waals surface area contributed by atoms with Crippen LogP contribution in [0, 0.1) is 0 Å². The zero-order valence-corrected chi connectivity index (χ0v) is 8.64. The van der Waals surface area contributed by atoms with Gasteiger partial charge >= 0.3 is 56.9 Å². The summed E-state index contributed by atoms with van der Waals surface area (Å²) in [6.07, 6.45) is 0. The van der Waals surface area contributed by atoms with E-state index in [0.29, 0.717) is 0 Å². The first-order valence-corrected chi connectivity index (χ1v) is 4.07. The summed E-state index contributed by atoms with van der Waals surface area (Å²) in [5.41, 5.74) is 0. The zero-order valence-electron chi connectivity index (χ0n) is 2.36. The van der Waals surface area contributed by atoms with Crippen molar-refractivity contribution >= 4 is 47.0 Å². The molecule has 0 unspecified atom stereocenters. The maximum atomic E-state index is 9.10. The fourth-order valence-corrected chi connectivity index (χ4v) is 0. The van der Waals surface area contributed by atoms with Crippen molar-refractivity contribution in [1.82, 2.24) is 0 Å². The van der Waals surface area contributed by atoms with E-state index in [1.807, 2.05) is 0 Å². The third-order valence-electron chi connectivity index (χ3n) is 0. The molecule has 3 heteroatoms. The molecule has 0 aromatic carbocycles. The number of carbonyl (C=O) groups is 1. The van der Waals surface area contributed by atoms with E-state index in [4.69, 9.17) is 9.90 Å². The van der Waals surface area contributed by atoms with Crippen molar-refractivity contribution in [3.05, 3.63) is 0 Å².